The molecule has 1 atom stereocenters. The number of nitrogens with one attached hydrogen (secondary N) is 1. The number of halogens is 1. The van der Waals surface area contributed by atoms with E-state index in [-0.39, 0.29) is 11.9 Å². The minimum absolute atomic E-state index is 0.146. The largest absolute Gasteiger partial charge is 0.495 e. The molecule has 1 unspecified atom stereocenters. The van der Waals surface area contributed by atoms with Crippen molar-refractivity contribution >= 4 is 23.2 Å². The Morgan fingerprint density at radius 1 is 1.38 bits per heavy atom. The number of carbonyl (C=O) groups is 1. The van der Waals surface area contributed by atoms with Gasteiger partial charge in [-0.25, -0.2) is 0 Å². The van der Waals surface area contributed by atoms with Crippen LogP contribution in [0.5, 0.6) is 5.75 Å². The lowest BCUT2D eigenvalue weighted by Crippen LogP contribution is -2.37. The van der Waals surface area contributed by atoms with Crippen LogP contribution in [0.15, 0.2) is 18.2 Å². The normalized spacial score (nSPS) is 17.1. The molecule has 0 aliphatic carbocycles. The molecule has 6 heteroatoms. The van der Waals surface area contributed by atoms with E-state index in [0.717, 1.165) is 63.2 Å². The fourth-order valence-electron chi connectivity index (χ4n) is 3.09. The zero-order valence-electron chi connectivity index (χ0n) is 14.4. The molecule has 3 N–H and O–H groups in total. The second-order valence-corrected chi connectivity index (χ2v) is 6.70. The Bertz CT molecular complexity index is 539. The summed E-state index contributed by atoms with van der Waals surface area (Å²) < 4.78 is 5.42. The van der Waals surface area contributed by atoms with E-state index in [0.29, 0.717) is 11.4 Å². The van der Waals surface area contributed by atoms with E-state index in [4.69, 9.17) is 22.1 Å². The minimum Gasteiger partial charge on any atom is -0.495 e. The molecule has 0 bridgehead atoms. The highest BCUT2D eigenvalue weighted by Gasteiger charge is 2.25. The molecule has 0 aromatic heterocycles. The number of hydrogen-bond donors (Lipinski definition) is 2. The van der Waals surface area contributed by atoms with Crippen LogP contribution in [0.25, 0.3) is 0 Å². The van der Waals surface area contributed by atoms with Crippen molar-refractivity contribution in [3.8, 4) is 5.75 Å². The summed E-state index contributed by atoms with van der Waals surface area (Å²) in [6.45, 7) is 2.41. The second-order valence-electron chi connectivity index (χ2n) is 6.27. The van der Waals surface area contributed by atoms with Gasteiger partial charge in [0, 0.05) is 30.6 Å². The molecule has 1 fully saturated rings. The molecule has 1 aromatic rings. The molecule has 2 rings (SSSR count). The topological polar surface area (TPSA) is 67.6 Å². The van der Waals surface area contributed by atoms with Crippen LogP contribution in [-0.2, 0) is 4.79 Å². The smallest absolute Gasteiger partial charge is 0.220 e. The molecule has 1 saturated heterocycles. The first-order valence-corrected chi connectivity index (χ1v) is 9.09. The number of anilines is 1. The van der Waals surface area contributed by atoms with Gasteiger partial charge in [0.25, 0.3) is 0 Å². The Kier molecular flexibility index (Phi) is 7.66. The Labute approximate surface area is 149 Å². The zero-order chi connectivity index (χ0) is 17.4. The average molecular weight is 354 g/mol. The van der Waals surface area contributed by atoms with Crippen LogP contribution in [0, 0.1) is 0 Å². The SMILES string of the molecule is COc1ccc(Cl)cc1N1CCC(NC(=O)CCCCCCN)C1. The first-order chi connectivity index (χ1) is 11.6. The second kappa shape index (κ2) is 9.74. The molecule has 1 amide bonds. The van der Waals surface area contributed by atoms with Crippen LogP contribution in [-0.4, -0.2) is 38.7 Å². The van der Waals surface area contributed by atoms with Crippen molar-refractivity contribution in [2.24, 2.45) is 5.73 Å². The highest BCUT2D eigenvalue weighted by atomic mass is 35.5. The number of nitrogens with two attached hydrogens (primary N) is 1. The molecule has 1 aromatic carbocycles. The Hall–Kier alpha value is -1.46. The van der Waals surface area contributed by atoms with E-state index in [1.54, 1.807) is 7.11 Å². The summed E-state index contributed by atoms with van der Waals surface area (Å²) in [5.74, 6) is 0.957. The number of hydrogen-bond acceptors (Lipinski definition) is 4. The Balaban J connectivity index is 1.79. The van der Waals surface area contributed by atoms with Crippen LogP contribution in [0.3, 0.4) is 0 Å². The predicted octanol–water partition coefficient (Wildman–Crippen LogP) is 2.95. The maximum atomic E-state index is 12.1. The van der Waals surface area contributed by atoms with Gasteiger partial charge in [0.1, 0.15) is 5.75 Å². The molecular weight excluding hydrogens is 326 g/mol. The molecule has 1 aliphatic rings. The van der Waals surface area contributed by atoms with E-state index >= 15 is 0 Å². The fourth-order valence-corrected chi connectivity index (χ4v) is 3.26. The van der Waals surface area contributed by atoms with Crippen molar-refractivity contribution in [1.82, 2.24) is 5.32 Å². The van der Waals surface area contributed by atoms with Crippen molar-refractivity contribution in [2.75, 3.05) is 31.6 Å². The minimum atomic E-state index is 0.146. The monoisotopic (exact) mass is 353 g/mol. The number of ether oxygens (including phenoxy) is 1. The molecule has 1 aliphatic heterocycles. The maximum absolute atomic E-state index is 12.1. The van der Waals surface area contributed by atoms with Crippen molar-refractivity contribution in [2.45, 2.75) is 44.6 Å². The van der Waals surface area contributed by atoms with Gasteiger partial charge in [-0.15, -0.1) is 0 Å². The van der Waals surface area contributed by atoms with Gasteiger partial charge >= 0.3 is 0 Å². The first-order valence-electron chi connectivity index (χ1n) is 8.72. The maximum Gasteiger partial charge on any atom is 0.220 e. The number of methoxy groups -OCH3 is 1. The highest BCUT2D eigenvalue weighted by molar-refractivity contribution is 6.30. The zero-order valence-corrected chi connectivity index (χ0v) is 15.1. The third-order valence-corrected chi connectivity index (χ3v) is 4.63. The van der Waals surface area contributed by atoms with Gasteiger partial charge in [-0.3, -0.25) is 4.79 Å². The lowest BCUT2D eigenvalue weighted by atomic mass is 10.1. The number of benzene rings is 1. The van der Waals surface area contributed by atoms with Crippen LogP contribution < -0.4 is 20.7 Å². The molecular formula is C18H28ClN3O2. The molecule has 5 nitrogen and oxygen atoms in total. The fraction of sp³-hybridized carbons (Fsp3) is 0.611. The molecule has 0 spiro atoms. The number of amides is 1. The van der Waals surface area contributed by atoms with E-state index in [2.05, 4.69) is 10.2 Å². The summed E-state index contributed by atoms with van der Waals surface area (Å²) in [7, 11) is 1.66. The van der Waals surface area contributed by atoms with Gasteiger partial charge in [-0.05, 0) is 44.0 Å². The standard InChI is InChI=1S/C18H28ClN3O2/c1-24-17-8-7-14(19)12-16(17)22-11-9-15(13-22)21-18(23)6-4-2-3-5-10-20/h7-8,12,15H,2-6,9-11,13,20H2,1H3,(H,21,23). The molecule has 0 radical (unpaired) electrons. The van der Waals surface area contributed by atoms with E-state index in [9.17, 15) is 4.79 Å². The van der Waals surface area contributed by atoms with Gasteiger partial charge in [0.2, 0.25) is 5.91 Å². The van der Waals surface area contributed by atoms with Crippen molar-refractivity contribution in [3.63, 3.8) is 0 Å². The van der Waals surface area contributed by atoms with Crippen molar-refractivity contribution in [3.05, 3.63) is 23.2 Å². The molecule has 0 saturated carbocycles. The van der Waals surface area contributed by atoms with Crippen LogP contribution in [0.1, 0.15) is 38.5 Å². The molecule has 1 heterocycles. The summed E-state index contributed by atoms with van der Waals surface area (Å²) in [6.07, 6.45) is 5.69. The van der Waals surface area contributed by atoms with Crippen LogP contribution >= 0.6 is 11.6 Å². The Morgan fingerprint density at radius 2 is 2.17 bits per heavy atom. The summed E-state index contributed by atoms with van der Waals surface area (Å²) >= 11 is 6.11. The number of carbonyl (C=O) groups excluding carboxylic acids is 1. The third kappa shape index (κ3) is 5.56. The summed E-state index contributed by atoms with van der Waals surface area (Å²) in [5, 5.41) is 3.83. The van der Waals surface area contributed by atoms with E-state index in [1.807, 2.05) is 18.2 Å². The number of rotatable bonds is 9. The van der Waals surface area contributed by atoms with Crippen molar-refractivity contribution in [1.29, 1.82) is 0 Å². The van der Waals surface area contributed by atoms with Gasteiger partial charge in [0.15, 0.2) is 0 Å². The quantitative estimate of drug-likeness (QED) is 0.670. The van der Waals surface area contributed by atoms with Crippen LogP contribution in [0.2, 0.25) is 5.02 Å². The summed E-state index contributed by atoms with van der Waals surface area (Å²) in [6, 6.07) is 5.81. The molecule has 134 valence electrons. The predicted molar refractivity (Wildman–Crippen MR) is 98.9 cm³/mol. The third-order valence-electron chi connectivity index (χ3n) is 4.39. The molecule has 24 heavy (non-hydrogen) atoms. The first kappa shape index (κ1) is 18.9. The van der Waals surface area contributed by atoms with Gasteiger partial charge in [-0.1, -0.05) is 24.4 Å². The summed E-state index contributed by atoms with van der Waals surface area (Å²) in [5.41, 5.74) is 6.46. The summed E-state index contributed by atoms with van der Waals surface area (Å²) in [4.78, 5) is 14.3. The van der Waals surface area contributed by atoms with Gasteiger partial charge in [0.05, 0.1) is 12.8 Å². The highest BCUT2D eigenvalue weighted by Crippen LogP contribution is 2.33. The lowest BCUT2D eigenvalue weighted by molar-refractivity contribution is -0.121. The van der Waals surface area contributed by atoms with E-state index in [1.165, 1.54) is 0 Å². The Morgan fingerprint density at radius 3 is 2.92 bits per heavy atom. The van der Waals surface area contributed by atoms with Crippen LogP contribution in [0.4, 0.5) is 5.69 Å². The van der Waals surface area contributed by atoms with Gasteiger partial charge < -0.3 is 20.7 Å². The average Bonchev–Trinajstić information content (AvgIpc) is 3.03. The number of unbranched alkanes of at least 4 members (excludes halogenated alkanes) is 3. The van der Waals surface area contributed by atoms with Gasteiger partial charge in [-0.2, -0.15) is 0 Å². The number of nitrogens with zero attached hydrogens (tertiary/aromatic N) is 1. The van der Waals surface area contributed by atoms with E-state index < -0.39 is 0 Å². The van der Waals surface area contributed by atoms with Crippen molar-refractivity contribution < 1.29 is 9.53 Å². The lowest BCUT2D eigenvalue weighted by Gasteiger charge is -2.21.